The maximum atomic E-state index is 12.8. The Morgan fingerprint density at radius 1 is 0.879 bits per heavy atom. The first-order valence-corrected chi connectivity index (χ1v) is 15.4. The van der Waals surface area contributed by atoms with Gasteiger partial charge in [-0.25, -0.2) is 21.6 Å². The standard InChI is InChI=1S/C25H39NO5S2/c1-25(2,3)32(28,29)18-20-9-13-21(14-10-20)24(27)17-19-11-15-23(16-12-19)33(30,31)26-22-7-5-4-6-8-22/h11-12,15-16,20-22,26H,4-10,13-14,17-18H2,1-3H3. The van der Waals surface area contributed by atoms with Gasteiger partial charge in [-0.1, -0.05) is 31.4 Å². The van der Waals surface area contributed by atoms with Crippen molar-refractivity contribution in [2.24, 2.45) is 11.8 Å². The van der Waals surface area contributed by atoms with Gasteiger partial charge in [-0.3, -0.25) is 4.79 Å². The van der Waals surface area contributed by atoms with E-state index in [9.17, 15) is 21.6 Å². The molecule has 0 heterocycles. The smallest absolute Gasteiger partial charge is 0.240 e. The van der Waals surface area contributed by atoms with Crippen LogP contribution in [0.25, 0.3) is 0 Å². The van der Waals surface area contributed by atoms with E-state index in [1.807, 2.05) is 0 Å². The number of hydrogen-bond donors (Lipinski definition) is 1. The van der Waals surface area contributed by atoms with E-state index in [0.29, 0.717) is 0 Å². The first-order valence-electron chi connectivity index (χ1n) is 12.2. The molecule has 2 aliphatic rings. The fraction of sp³-hybridized carbons (Fsp3) is 0.720. The average Bonchev–Trinajstić information content (AvgIpc) is 2.74. The number of carbonyl (C=O) groups is 1. The van der Waals surface area contributed by atoms with Crippen LogP contribution in [-0.4, -0.2) is 39.2 Å². The van der Waals surface area contributed by atoms with Crippen LogP contribution in [0.2, 0.25) is 0 Å². The molecule has 0 saturated heterocycles. The quantitative estimate of drug-likeness (QED) is 0.573. The van der Waals surface area contributed by atoms with E-state index in [0.717, 1.165) is 56.9 Å². The highest BCUT2D eigenvalue weighted by atomic mass is 32.2. The fourth-order valence-corrected chi connectivity index (χ4v) is 7.61. The van der Waals surface area contributed by atoms with Crippen molar-refractivity contribution >= 4 is 25.6 Å². The monoisotopic (exact) mass is 497 g/mol. The topological polar surface area (TPSA) is 97.4 Å². The van der Waals surface area contributed by atoms with E-state index < -0.39 is 24.6 Å². The largest absolute Gasteiger partial charge is 0.299 e. The van der Waals surface area contributed by atoms with Crippen molar-refractivity contribution in [3.8, 4) is 0 Å². The predicted octanol–water partition coefficient (Wildman–Crippen LogP) is 4.43. The van der Waals surface area contributed by atoms with Crippen LogP contribution in [0.5, 0.6) is 0 Å². The van der Waals surface area contributed by atoms with Gasteiger partial charge in [-0.15, -0.1) is 0 Å². The minimum Gasteiger partial charge on any atom is -0.299 e. The second kappa shape index (κ2) is 10.6. The van der Waals surface area contributed by atoms with Crippen LogP contribution in [0.1, 0.15) is 84.1 Å². The molecule has 33 heavy (non-hydrogen) atoms. The number of carbonyl (C=O) groups excluding carboxylic acids is 1. The SMILES string of the molecule is CC(C)(C)S(=O)(=O)CC1CCC(C(=O)Cc2ccc(S(=O)(=O)NC3CCCCC3)cc2)CC1. The van der Waals surface area contributed by atoms with Crippen LogP contribution in [0.3, 0.4) is 0 Å². The molecule has 1 aromatic carbocycles. The van der Waals surface area contributed by atoms with Gasteiger partial charge in [0.25, 0.3) is 0 Å². The normalized spacial score (nSPS) is 23.4. The lowest BCUT2D eigenvalue weighted by Crippen LogP contribution is -2.36. The average molecular weight is 498 g/mol. The molecule has 0 aliphatic heterocycles. The van der Waals surface area contributed by atoms with Gasteiger partial charge in [0, 0.05) is 18.4 Å². The Bertz CT molecular complexity index is 1010. The molecule has 0 radical (unpaired) electrons. The maximum absolute atomic E-state index is 12.8. The van der Waals surface area contributed by atoms with Gasteiger partial charge < -0.3 is 0 Å². The summed E-state index contributed by atoms with van der Waals surface area (Å²) in [5.74, 6) is 0.430. The van der Waals surface area contributed by atoms with Gasteiger partial charge in [0.15, 0.2) is 9.84 Å². The Balaban J connectivity index is 1.51. The summed E-state index contributed by atoms with van der Waals surface area (Å²) in [6.45, 7) is 5.21. The number of sulfone groups is 1. The van der Waals surface area contributed by atoms with Crippen molar-refractivity contribution < 1.29 is 21.6 Å². The van der Waals surface area contributed by atoms with E-state index in [1.165, 1.54) is 6.42 Å². The number of ketones is 1. The first-order chi connectivity index (χ1) is 15.4. The highest BCUT2D eigenvalue weighted by Crippen LogP contribution is 2.33. The summed E-state index contributed by atoms with van der Waals surface area (Å²) in [7, 11) is -6.69. The Morgan fingerprint density at radius 2 is 1.45 bits per heavy atom. The predicted molar refractivity (Wildman–Crippen MR) is 131 cm³/mol. The van der Waals surface area contributed by atoms with Crippen LogP contribution < -0.4 is 4.72 Å². The summed E-state index contributed by atoms with van der Waals surface area (Å²) in [5, 5.41) is 0. The third kappa shape index (κ3) is 7.12. The minimum absolute atomic E-state index is 0.0125. The van der Waals surface area contributed by atoms with E-state index >= 15 is 0 Å². The Hall–Kier alpha value is -1.25. The molecule has 2 saturated carbocycles. The fourth-order valence-electron chi connectivity index (χ4n) is 4.85. The van der Waals surface area contributed by atoms with E-state index in [-0.39, 0.29) is 40.7 Å². The van der Waals surface area contributed by atoms with Gasteiger partial charge in [-0.05, 0) is 82.9 Å². The van der Waals surface area contributed by atoms with Gasteiger partial charge >= 0.3 is 0 Å². The van der Waals surface area contributed by atoms with Crippen LogP contribution >= 0.6 is 0 Å². The van der Waals surface area contributed by atoms with Crippen molar-refractivity contribution in [3.63, 3.8) is 0 Å². The molecule has 0 amide bonds. The summed E-state index contributed by atoms with van der Waals surface area (Å²) in [6.07, 6.45) is 8.30. The highest BCUT2D eigenvalue weighted by Gasteiger charge is 2.34. The van der Waals surface area contributed by atoms with Crippen molar-refractivity contribution in [2.75, 3.05) is 5.75 Å². The summed E-state index contributed by atoms with van der Waals surface area (Å²) in [5.41, 5.74) is 0.814. The second-order valence-electron chi connectivity index (χ2n) is 10.9. The molecule has 2 aliphatic carbocycles. The van der Waals surface area contributed by atoms with Crippen LogP contribution in [-0.2, 0) is 31.1 Å². The Kier molecular flexibility index (Phi) is 8.44. The lowest BCUT2D eigenvalue weighted by Gasteiger charge is -2.30. The Morgan fingerprint density at radius 3 is 2.00 bits per heavy atom. The number of benzene rings is 1. The highest BCUT2D eigenvalue weighted by molar-refractivity contribution is 7.92. The number of sulfonamides is 1. The first kappa shape index (κ1) is 26.4. The molecule has 0 bridgehead atoms. The minimum atomic E-state index is -3.54. The van der Waals surface area contributed by atoms with E-state index in [4.69, 9.17) is 0 Å². The Labute approximate surface area is 199 Å². The van der Waals surface area contributed by atoms with Crippen molar-refractivity contribution in [2.45, 2.75) is 101 Å². The van der Waals surface area contributed by atoms with Crippen molar-refractivity contribution in [3.05, 3.63) is 29.8 Å². The zero-order valence-electron chi connectivity index (χ0n) is 20.2. The summed E-state index contributed by atoms with van der Waals surface area (Å²) < 4.78 is 52.3. The number of Topliss-reactive ketones (excluding diaryl/α,β-unsaturated/α-hetero) is 1. The van der Waals surface area contributed by atoms with Crippen molar-refractivity contribution in [1.29, 1.82) is 0 Å². The zero-order chi connectivity index (χ0) is 24.3. The number of rotatable bonds is 8. The third-order valence-corrected chi connectivity index (χ3v) is 11.5. The summed E-state index contributed by atoms with van der Waals surface area (Å²) in [6, 6.07) is 6.65. The maximum Gasteiger partial charge on any atom is 0.240 e. The van der Waals surface area contributed by atoms with Gasteiger partial charge in [0.2, 0.25) is 10.0 Å². The molecule has 1 aromatic rings. The van der Waals surface area contributed by atoms with Gasteiger partial charge in [0.1, 0.15) is 5.78 Å². The molecule has 0 spiro atoms. The van der Waals surface area contributed by atoms with Gasteiger partial charge in [0.05, 0.1) is 15.4 Å². The van der Waals surface area contributed by atoms with Gasteiger partial charge in [-0.2, -0.15) is 0 Å². The zero-order valence-corrected chi connectivity index (χ0v) is 21.8. The van der Waals surface area contributed by atoms with Crippen molar-refractivity contribution in [1.82, 2.24) is 4.72 Å². The van der Waals surface area contributed by atoms with Crippen LogP contribution in [0.4, 0.5) is 0 Å². The third-order valence-electron chi connectivity index (χ3n) is 7.23. The van der Waals surface area contributed by atoms with Crippen LogP contribution in [0.15, 0.2) is 29.2 Å². The molecule has 186 valence electrons. The molecule has 0 atom stereocenters. The molecular weight excluding hydrogens is 458 g/mol. The summed E-state index contributed by atoms with van der Waals surface area (Å²) in [4.78, 5) is 13.1. The molecule has 2 fully saturated rings. The van der Waals surface area contributed by atoms with E-state index in [2.05, 4.69) is 4.72 Å². The van der Waals surface area contributed by atoms with E-state index in [1.54, 1.807) is 45.0 Å². The van der Waals surface area contributed by atoms with Crippen LogP contribution in [0, 0.1) is 11.8 Å². The second-order valence-corrected chi connectivity index (χ2v) is 15.4. The number of hydrogen-bond acceptors (Lipinski definition) is 5. The molecule has 8 heteroatoms. The molecule has 3 rings (SSSR count). The molecule has 0 unspecified atom stereocenters. The number of nitrogens with one attached hydrogen (secondary N) is 1. The molecular formula is C25H39NO5S2. The lowest BCUT2D eigenvalue weighted by molar-refractivity contribution is -0.123. The molecule has 1 N–H and O–H groups in total. The molecule has 0 aromatic heterocycles. The summed E-state index contributed by atoms with van der Waals surface area (Å²) >= 11 is 0. The molecule has 6 nitrogen and oxygen atoms in total. The lowest BCUT2D eigenvalue weighted by atomic mass is 9.79.